The van der Waals surface area contributed by atoms with Gasteiger partial charge in [0.15, 0.2) is 6.67 Å². The van der Waals surface area contributed by atoms with Gasteiger partial charge in [0.1, 0.15) is 5.75 Å². The molecule has 2 aromatic rings. The number of carbonyl (C=O) groups is 2. The Labute approximate surface area is 193 Å². The first kappa shape index (κ1) is 22.4. The molecule has 0 spiro atoms. The molecule has 168 valence electrons. The lowest BCUT2D eigenvalue weighted by atomic mass is 10.2. The molecule has 2 aliphatic heterocycles. The molecule has 0 saturated carbocycles. The molecule has 1 N–H and O–H groups in total. The molecule has 0 bridgehead atoms. The normalized spacial score (nSPS) is 18.6. The summed E-state index contributed by atoms with van der Waals surface area (Å²) in [5.41, 5.74) is 3.37. The molecule has 4 rings (SSSR count). The quantitative estimate of drug-likeness (QED) is 0.654. The first-order valence-electron chi connectivity index (χ1n) is 11.2. The van der Waals surface area contributed by atoms with E-state index in [1.165, 1.54) is 21.1 Å². The summed E-state index contributed by atoms with van der Waals surface area (Å²) in [5, 5.41) is -0.183. The summed E-state index contributed by atoms with van der Waals surface area (Å²) in [7, 11) is 0. The second-order valence-electron chi connectivity index (χ2n) is 8.26. The number of hydrogen-bond acceptors (Lipinski definition) is 5. The third-order valence-corrected chi connectivity index (χ3v) is 6.68. The van der Waals surface area contributed by atoms with E-state index in [0.29, 0.717) is 18.2 Å². The van der Waals surface area contributed by atoms with Gasteiger partial charge in [0.05, 0.1) is 37.7 Å². The second kappa shape index (κ2) is 10.2. The number of carbonyl (C=O) groups excluding carboxylic acids is 2. The molecule has 0 unspecified atom stereocenters. The molecule has 2 saturated heterocycles. The highest BCUT2D eigenvalue weighted by molar-refractivity contribution is 8.18. The van der Waals surface area contributed by atoms with Crippen molar-refractivity contribution >= 4 is 34.7 Å². The van der Waals surface area contributed by atoms with Crippen molar-refractivity contribution in [2.75, 3.05) is 44.4 Å². The average Bonchev–Trinajstić information content (AvgIpc) is 3.07. The Bertz CT molecular complexity index is 980. The fourth-order valence-corrected chi connectivity index (χ4v) is 4.72. The number of ether oxygens (including phenoxy) is 1. The monoisotopic (exact) mass is 452 g/mol. The number of quaternary nitrogens is 1. The second-order valence-corrected chi connectivity index (χ2v) is 9.25. The van der Waals surface area contributed by atoms with Crippen molar-refractivity contribution in [2.45, 2.75) is 20.3 Å². The molecule has 2 amide bonds. The summed E-state index contributed by atoms with van der Waals surface area (Å²) in [5.74, 6) is 0.616. The van der Waals surface area contributed by atoms with Crippen molar-refractivity contribution in [3.05, 3.63) is 64.6 Å². The lowest BCUT2D eigenvalue weighted by Gasteiger charge is -2.34. The number of benzene rings is 2. The Balaban J connectivity index is 1.33. The topological polar surface area (TPSA) is 54.3 Å². The van der Waals surface area contributed by atoms with E-state index in [4.69, 9.17) is 4.74 Å². The van der Waals surface area contributed by atoms with Crippen molar-refractivity contribution in [3.63, 3.8) is 0 Å². The SMILES string of the molecule is CCCOc1ccc(/C=C2/SC(=O)N(C[NH+]3CCN(c4ccc(C)cc4)CC3)C2=O)cc1. The van der Waals surface area contributed by atoms with Crippen molar-refractivity contribution in [2.24, 2.45) is 0 Å². The van der Waals surface area contributed by atoms with Crippen molar-refractivity contribution in [3.8, 4) is 5.75 Å². The van der Waals surface area contributed by atoms with E-state index in [-0.39, 0.29) is 11.1 Å². The van der Waals surface area contributed by atoms with Crippen molar-refractivity contribution < 1.29 is 19.2 Å². The van der Waals surface area contributed by atoms with Crippen LogP contribution in [-0.4, -0.2) is 55.5 Å². The number of rotatable bonds is 7. The van der Waals surface area contributed by atoms with Gasteiger partial charge in [0, 0.05) is 5.69 Å². The zero-order chi connectivity index (χ0) is 22.5. The van der Waals surface area contributed by atoms with Gasteiger partial charge in [-0.2, -0.15) is 0 Å². The summed E-state index contributed by atoms with van der Waals surface area (Å²) in [4.78, 5) is 30.9. The minimum atomic E-state index is -0.195. The van der Waals surface area contributed by atoms with E-state index in [1.807, 2.05) is 24.3 Å². The molecule has 7 heteroatoms. The molecule has 0 aliphatic carbocycles. The Morgan fingerprint density at radius 3 is 2.38 bits per heavy atom. The van der Waals surface area contributed by atoms with Crippen molar-refractivity contribution in [1.82, 2.24) is 4.90 Å². The van der Waals surface area contributed by atoms with Crippen LogP contribution >= 0.6 is 11.8 Å². The Morgan fingerprint density at radius 2 is 1.72 bits per heavy atom. The van der Waals surface area contributed by atoms with Gasteiger partial charge in [-0.3, -0.25) is 9.59 Å². The minimum absolute atomic E-state index is 0.183. The number of piperazine rings is 1. The number of amides is 2. The summed E-state index contributed by atoms with van der Waals surface area (Å²) < 4.78 is 5.60. The number of nitrogens with one attached hydrogen (secondary N) is 1. The van der Waals surface area contributed by atoms with Gasteiger partial charge in [-0.15, -0.1) is 0 Å². The molecule has 0 aromatic heterocycles. The molecule has 0 radical (unpaired) electrons. The molecule has 0 atom stereocenters. The number of imide groups is 1. The molecular formula is C25H30N3O3S+. The molecule has 32 heavy (non-hydrogen) atoms. The Hall–Kier alpha value is -2.77. The Morgan fingerprint density at radius 1 is 1.03 bits per heavy atom. The fourth-order valence-electron chi connectivity index (χ4n) is 3.89. The standard InChI is InChI=1S/C25H29N3O3S/c1-3-16-31-22-10-6-20(7-11-22)17-23-24(29)28(25(30)32-23)18-26-12-14-27(15-13-26)21-8-4-19(2)5-9-21/h4-11,17H,3,12-16,18H2,1-2H3/p+1/b23-17+. The lowest BCUT2D eigenvalue weighted by Crippen LogP contribution is -3.16. The molecule has 2 aliphatic rings. The van der Waals surface area contributed by atoms with Crippen LogP contribution in [0.1, 0.15) is 24.5 Å². The zero-order valence-corrected chi connectivity index (χ0v) is 19.5. The van der Waals surface area contributed by atoms with Crippen LogP contribution in [0.25, 0.3) is 6.08 Å². The van der Waals surface area contributed by atoms with Crippen LogP contribution in [0.2, 0.25) is 0 Å². The highest BCUT2D eigenvalue weighted by Crippen LogP contribution is 2.31. The van der Waals surface area contributed by atoms with E-state index in [0.717, 1.165) is 55.7 Å². The predicted molar refractivity (Wildman–Crippen MR) is 129 cm³/mol. The van der Waals surface area contributed by atoms with E-state index in [1.54, 1.807) is 6.08 Å². The maximum Gasteiger partial charge on any atom is 0.298 e. The maximum atomic E-state index is 12.9. The van der Waals surface area contributed by atoms with E-state index in [9.17, 15) is 9.59 Å². The van der Waals surface area contributed by atoms with Gasteiger partial charge in [0.2, 0.25) is 0 Å². The highest BCUT2D eigenvalue weighted by atomic mass is 32.2. The Kier molecular flexibility index (Phi) is 7.17. The van der Waals surface area contributed by atoms with E-state index < -0.39 is 0 Å². The lowest BCUT2D eigenvalue weighted by molar-refractivity contribution is -0.907. The van der Waals surface area contributed by atoms with Crippen LogP contribution in [0.3, 0.4) is 0 Å². The molecule has 6 nitrogen and oxygen atoms in total. The van der Waals surface area contributed by atoms with Crippen LogP contribution in [0.15, 0.2) is 53.4 Å². The number of aryl methyl sites for hydroxylation is 1. The van der Waals surface area contributed by atoms with Gasteiger partial charge < -0.3 is 14.5 Å². The van der Waals surface area contributed by atoms with Gasteiger partial charge >= 0.3 is 0 Å². The fraction of sp³-hybridized carbons (Fsp3) is 0.360. The number of anilines is 1. The van der Waals surface area contributed by atoms with Gasteiger partial charge in [-0.25, -0.2) is 4.90 Å². The van der Waals surface area contributed by atoms with Crippen LogP contribution in [0.5, 0.6) is 5.75 Å². The first-order chi connectivity index (χ1) is 15.5. The van der Waals surface area contributed by atoms with Crippen LogP contribution < -0.4 is 14.5 Å². The molecular weight excluding hydrogens is 422 g/mol. The molecule has 2 aromatic carbocycles. The van der Waals surface area contributed by atoms with Crippen LogP contribution in [0, 0.1) is 6.92 Å². The largest absolute Gasteiger partial charge is 0.494 e. The number of nitrogens with zero attached hydrogens (tertiary/aromatic N) is 2. The third-order valence-electron chi connectivity index (χ3n) is 5.78. The zero-order valence-electron chi connectivity index (χ0n) is 18.7. The summed E-state index contributed by atoms with van der Waals surface area (Å²) in [6.07, 6.45) is 2.75. The summed E-state index contributed by atoms with van der Waals surface area (Å²) in [6.45, 7) is 8.88. The third kappa shape index (κ3) is 5.34. The van der Waals surface area contributed by atoms with E-state index in [2.05, 4.69) is 43.0 Å². The maximum absolute atomic E-state index is 12.9. The minimum Gasteiger partial charge on any atom is -0.494 e. The van der Waals surface area contributed by atoms with E-state index >= 15 is 0 Å². The summed E-state index contributed by atoms with van der Waals surface area (Å²) in [6, 6.07) is 16.2. The number of hydrogen-bond donors (Lipinski definition) is 1. The van der Waals surface area contributed by atoms with Crippen LogP contribution in [-0.2, 0) is 4.79 Å². The average molecular weight is 453 g/mol. The highest BCUT2D eigenvalue weighted by Gasteiger charge is 2.38. The van der Waals surface area contributed by atoms with Crippen LogP contribution in [0.4, 0.5) is 10.5 Å². The first-order valence-corrected chi connectivity index (χ1v) is 12.0. The van der Waals surface area contributed by atoms with Gasteiger partial charge in [-0.05, 0) is 61.0 Å². The van der Waals surface area contributed by atoms with Crippen molar-refractivity contribution in [1.29, 1.82) is 0 Å². The number of thioether (sulfide) groups is 1. The molecule has 2 fully saturated rings. The summed E-state index contributed by atoms with van der Waals surface area (Å²) >= 11 is 1.03. The smallest absolute Gasteiger partial charge is 0.298 e. The van der Waals surface area contributed by atoms with Gasteiger partial charge in [-0.1, -0.05) is 36.8 Å². The molecule has 2 heterocycles. The van der Waals surface area contributed by atoms with Gasteiger partial charge in [0.25, 0.3) is 11.1 Å². The predicted octanol–water partition coefficient (Wildman–Crippen LogP) is 3.18.